The van der Waals surface area contributed by atoms with Gasteiger partial charge >= 0.3 is 0 Å². The second-order valence-corrected chi connectivity index (χ2v) is 9.40. The Hall–Kier alpha value is -1.60. The molecule has 7 heteroatoms. The van der Waals surface area contributed by atoms with E-state index in [1.807, 2.05) is 0 Å². The van der Waals surface area contributed by atoms with Crippen molar-refractivity contribution >= 4 is 21.6 Å². The van der Waals surface area contributed by atoms with Crippen LogP contribution in [0, 0.1) is 5.41 Å². The molecule has 26 heavy (non-hydrogen) atoms. The molecule has 0 aromatic heterocycles. The Morgan fingerprint density at radius 2 is 1.81 bits per heavy atom. The molecule has 1 heterocycles. The fraction of sp³-hybridized carbons (Fsp3) is 0.632. The number of benzene rings is 1. The quantitative estimate of drug-likeness (QED) is 0.852. The lowest BCUT2D eigenvalue weighted by Crippen LogP contribution is -2.41. The van der Waals surface area contributed by atoms with E-state index in [2.05, 4.69) is 11.6 Å². The van der Waals surface area contributed by atoms with Gasteiger partial charge < -0.3 is 9.64 Å². The van der Waals surface area contributed by atoms with Crippen LogP contribution in [0.25, 0.3) is 0 Å². The summed E-state index contributed by atoms with van der Waals surface area (Å²) in [5.41, 5.74) is 0.572. The summed E-state index contributed by atoms with van der Waals surface area (Å²) in [6.45, 7) is 4.13. The molecule has 1 aliphatic heterocycles. The van der Waals surface area contributed by atoms with E-state index in [4.69, 9.17) is 4.74 Å². The number of rotatable bonds is 5. The number of carbonyl (C=O) groups excluding carboxylic acids is 1. The molecule has 1 aromatic carbocycles. The van der Waals surface area contributed by atoms with Gasteiger partial charge in [-0.3, -0.25) is 9.52 Å². The van der Waals surface area contributed by atoms with Gasteiger partial charge in [0.2, 0.25) is 10.0 Å². The Morgan fingerprint density at radius 3 is 2.50 bits per heavy atom. The van der Waals surface area contributed by atoms with E-state index in [9.17, 15) is 13.2 Å². The van der Waals surface area contributed by atoms with Crippen molar-refractivity contribution in [2.24, 2.45) is 5.41 Å². The van der Waals surface area contributed by atoms with E-state index in [0.717, 1.165) is 25.7 Å². The predicted molar refractivity (Wildman–Crippen MR) is 102 cm³/mol. The average molecular weight is 381 g/mol. The zero-order chi connectivity index (χ0) is 18.6. The maximum Gasteiger partial charge on any atom is 0.256 e. The van der Waals surface area contributed by atoms with Crippen LogP contribution in [0.2, 0.25) is 0 Å². The molecule has 3 rings (SSSR count). The molecule has 1 aromatic rings. The van der Waals surface area contributed by atoms with Gasteiger partial charge in [0.1, 0.15) is 0 Å². The molecule has 1 amide bonds. The van der Waals surface area contributed by atoms with E-state index in [0.29, 0.717) is 37.6 Å². The Kier molecular flexibility index (Phi) is 5.87. The molecule has 0 unspecified atom stereocenters. The lowest BCUT2D eigenvalue weighted by atomic mass is 9.77. The molecule has 0 atom stereocenters. The maximum absolute atomic E-state index is 12.8. The number of carbonyl (C=O) groups is 1. The molecule has 1 saturated carbocycles. The molecule has 0 radical (unpaired) electrons. The molecule has 1 aliphatic carbocycles. The number of para-hydroxylation sites is 1. The normalized spacial score (nSPS) is 20.6. The van der Waals surface area contributed by atoms with Crippen molar-refractivity contribution in [2.45, 2.75) is 39.0 Å². The standard InChI is InChI=1S/C19H28N2O4S/c1-19(9-5-2-6-10-19)15-26(23,24)20-17-8-4-3-7-16(17)18(22)21-11-13-25-14-12-21/h3-4,7-8,20H,2,5-6,9-15H2,1H3. The minimum absolute atomic E-state index is 0.0973. The minimum Gasteiger partial charge on any atom is -0.378 e. The Bertz CT molecular complexity index is 736. The minimum atomic E-state index is -3.52. The number of sulfonamides is 1. The fourth-order valence-electron chi connectivity index (χ4n) is 3.91. The van der Waals surface area contributed by atoms with Crippen LogP contribution in [-0.2, 0) is 14.8 Å². The number of anilines is 1. The van der Waals surface area contributed by atoms with Gasteiger partial charge in [-0.05, 0) is 30.4 Å². The number of amides is 1. The van der Waals surface area contributed by atoms with Crippen LogP contribution in [0.15, 0.2) is 24.3 Å². The van der Waals surface area contributed by atoms with Gasteiger partial charge in [0, 0.05) is 13.1 Å². The number of hydrogen-bond donors (Lipinski definition) is 1. The molecular formula is C19H28N2O4S. The Balaban J connectivity index is 1.75. The van der Waals surface area contributed by atoms with Crippen molar-refractivity contribution in [1.29, 1.82) is 0 Å². The molecular weight excluding hydrogens is 352 g/mol. The lowest BCUT2D eigenvalue weighted by Gasteiger charge is -2.33. The predicted octanol–water partition coefficient (Wildman–Crippen LogP) is 2.87. The average Bonchev–Trinajstić information content (AvgIpc) is 2.61. The summed E-state index contributed by atoms with van der Waals surface area (Å²) in [7, 11) is -3.52. The third-order valence-corrected chi connectivity index (χ3v) is 6.93. The van der Waals surface area contributed by atoms with Crippen molar-refractivity contribution in [3.63, 3.8) is 0 Å². The van der Waals surface area contributed by atoms with Gasteiger partial charge in [-0.2, -0.15) is 0 Å². The van der Waals surface area contributed by atoms with Gasteiger partial charge in [-0.15, -0.1) is 0 Å². The SMILES string of the molecule is CC1(CS(=O)(=O)Nc2ccccc2C(=O)N2CCOCC2)CCCCC1. The van der Waals surface area contributed by atoms with Crippen molar-refractivity contribution in [2.75, 3.05) is 36.8 Å². The second-order valence-electron chi connectivity index (χ2n) is 7.68. The van der Waals surface area contributed by atoms with E-state index < -0.39 is 10.0 Å². The summed E-state index contributed by atoms with van der Waals surface area (Å²) >= 11 is 0. The number of ether oxygens (including phenoxy) is 1. The van der Waals surface area contributed by atoms with Gasteiger partial charge in [0.05, 0.1) is 30.2 Å². The molecule has 2 fully saturated rings. The summed E-state index contributed by atoms with van der Waals surface area (Å²) in [4.78, 5) is 14.5. The topological polar surface area (TPSA) is 75.7 Å². The highest BCUT2D eigenvalue weighted by Crippen LogP contribution is 2.37. The Morgan fingerprint density at radius 1 is 1.15 bits per heavy atom. The van der Waals surface area contributed by atoms with Gasteiger partial charge in [-0.25, -0.2) is 8.42 Å². The van der Waals surface area contributed by atoms with Crippen molar-refractivity contribution in [1.82, 2.24) is 4.90 Å². The molecule has 1 N–H and O–H groups in total. The first-order valence-corrected chi connectivity index (χ1v) is 11.0. The van der Waals surface area contributed by atoms with Crippen molar-refractivity contribution < 1.29 is 17.9 Å². The van der Waals surface area contributed by atoms with Crippen LogP contribution >= 0.6 is 0 Å². The highest BCUT2D eigenvalue weighted by Gasteiger charge is 2.33. The second kappa shape index (κ2) is 7.96. The van der Waals surface area contributed by atoms with E-state index in [1.165, 1.54) is 6.42 Å². The number of morpholine rings is 1. The number of nitrogens with zero attached hydrogens (tertiary/aromatic N) is 1. The van der Waals surface area contributed by atoms with Crippen LogP contribution in [0.5, 0.6) is 0 Å². The maximum atomic E-state index is 12.8. The largest absolute Gasteiger partial charge is 0.378 e. The van der Waals surface area contributed by atoms with Crippen molar-refractivity contribution in [3.05, 3.63) is 29.8 Å². The molecule has 1 saturated heterocycles. The highest BCUT2D eigenvalue weighted by molar-refractivity contribution is 7.92. The first-order valence-electron chi connectivity index (χ1n) is 9.35. The molecule has 144 valence electrons. The molecule has 2 aliphatic rings. The third kappa shape index (κ3) is 4.76. The smallest absolute Gasteiger partial charge is 0.256 e. The fourth-order valence-corrected chi connectivity index (χ4v) is 5.70. The van der Waals surface area contributed by atoms with Gasteiger partial charge in [-0.1, -0.05) is 38.3 Å². The third-order valence-electron chi connectivity index (χ3n) is 5.32. The summed E-state index contributed by atoms with van der Waals surface area (Å²) in [6, 6.07) is 6.84. The molecule has 6 nitrogen and oxygen atoms in total. The van der Waals surface area contributed by atoms with E-state index in [-0.39, 0.29) is 17.1 Å². The van der Waals surface area contributed by atoms with Gasteiger partial charge in [0.25, 0.3) is 5.91 Å². The molecule has 0 spiro atoms. The van der Waals surface area contributed by atoms with Gasteiger partial charge in [0.15, 0.2) is 0 Å². The lowest BCUT2D eigenvalue weighted by molar-refractivity contribution is 0.0303. The van der Waals surface area contributed by atoms with Crippen molar-refractivity contribution in [3.8, 4) is 0 Å². The van der Waals surface area contributed by atoms with Crippen LogP contribution in [-0.4, -0.2) is 51.3 Å². The zero-order valence-corrected chi connectivity index (χ0v) is 16.2. The Labute approximate surface area is 156 Å². The first kappa shape index (κ1) is 19.2. The number of hydrogen-bond acceptors (Lipinski definition) is 4. The van der Waals surface area contributed by atoms with Crippen LogP contribution in [0.1, 0.15) is 49.4 Å². The summed E-state index contributed by atoms with van der Waals surface area (Å²) in [5.74, 6) is -0.0597. The van der Waals surface area contributed by atoms with Crippen LogP contribution < -0.4 is 4.72 Å². The molecule has 0 bridgehead atoms. The van der Waals surface area contributed by atoms with E-state index in [1.54, 1.807) is 29.2 Å². The zero-order valence-electron chi connectivity index (χ0n) is 15.4. The monoisotopic (exact) mass is 380 g/mol. The first-order chi connectivity index (χ1) is 12.4. The summed E-state index contributed by atoms with van der Waals surface area (Å²) in [5, 5.41) is 0. The summed E-state index contributed by atoms with van der Waals surface area (Å²) < 4.78 is 33.5. The van der Waals surface area contributed by atoms with Crippen LogP contribution in [0.3, 0.4) is 0 Å². The summed E-state index contributed by atoms with van der Waals surface area (Å²) in [6.07, 6.45) is 5.21. The van der Waals surface area contributed by atoms with E-state index >= 15 is 0 Å². The highest BCUT2D eigenvalue weighted by atomic mass is 32.2. The number of nitrogens with one attached hydrogen (secondary N) is 1. The van der Waals surface area contributed by atoms with Crippen LogP contribution in [0.4, 0.5) is 5.69 Å².